The van der Waals surface area contributed by atoms with Crippen LogP contribution in [-0.4, -0.2) is 0 Å². The van der Waals surface area contributed by atoms with Crippen LogP contribution in [0.3, 0.4) is 0 Å². The smallest absolute Gasteiger partial charge is 0.143 e. The molecule has 0 unspecified atom stereocenters. The molecule has 6 heteroatoms. The Bertz CT molecular complexity index is 8220. The average molecular weight is 1500 g/mol. The highest BCUT2D eigenvalue weighted by atomic mass is 16.3. The first-order chi connectivity index (χ1) is 58.6. The van der Waals surface area contributed by atoms with Gasteiger partial charge in [-0.1, -0.05) is 315 Å². The van der Waals surface area contributed by atoms with E-state index in [0.717, 1.165) is 193 Å². The van der Waals surface area contributed by atoms with Gasteiger partial charge in [0.1, 0.15) is 22.3 Å². The molecule has 0 amide bonds. The summed E-state index contributed by atoms with van der Waals surface area (Å²) in [5.74, 6) is 0. The zero-order valence-corrected chi connectivity index (χ0v) is 64.0. The molecule has 24 aromatic rings. The highest BCUT2D eigenvalue weighted by Crippen LogP contribution is 2.55. The normalized spacial score (nSPS) is 11.9. The van der Waals surface area contributed by atoms with E-state index in [4.69, 9.17) is 8.83 Å². The quantitative estimate of drug-likeness (QED) is 0.107. The molecule has 118 heavy (non-hydrogen) atoms. The summed E-state index contributed by atoms with van der Waals surface area (Å²) in [4.78, 5) is 9.86. The van der Waals surface area contributed by atoms with Gasteiger partial charge in [-0.2, -0.15) is 0 Å². The first-order valence-corrected chi connectivity index (χ1v) is 40.4. The minimum atomic E-state index is 0.815. The van der Waals surface area contributed by atoms with Crippen molar-refractivity contribution in [3.05, 3.63) is 425 Å². The van der Waals surface area contributed by atoms with Gasteiger partial charge in [-0.05, 0) is 163 Å². The molecule has 0 aliphatic heterocycles. The zero-order chi connectivity index (χ0) is 77.5. The minimum Gasteiger partial charge on any atom is -0.455 e. The molecule has 2 heterocycles. The van der Waals surface area contributed by atoms with Crippen LogP contribution < -0.4 is 19.6 Å². The number of rotatable bonds is 13. The van der Waals surface area contributed by atoms with Gasteiger partial charge in [0.2, 0.25) is 0 Å². The van der Waals surface area contributed by atoms with Crippen LogP contribution in [0.5, 0.6) is 0 Å². The van der Waals surface area contributed by atoms with Crippen LogP contribution in [0.1, 0.15) is 0 Å². The summed E-state index contributed by atoms with van der Waals surface area (Å²) in [6.07, 6.45) is 0. The third kappa shape index (κ3) is 10.5. The molecule has 2 aromatic heterocycles. The minimum absolute atomic E-state index is 0.815. The van der Waals surface area contributed by atoms with Gasteiger partial charge in [0.15, 0.2) is 0 Å². The van der Waals surface area contributed by atoms with Crippen molar-refractivity contribution in [1.29, 1.82) is 0 Å². The van der Waals surface area contributed by atoms with Crippen LogP contribution in [0, 0.1) is 0 Å². The molecule has 0 N–H and O–H groups in total. The molecule has 24 rings (SSSR count). The molecular formula is C112H70N4O2. The van der Waals surface area contributed by atoms with E-state index in [1.165, 1.54) is 37.7 Å². The lowest BCUT2D eigenvalue weighted by atomic mass is 9.94. The van der Waals surface area contributed by atoms with Crippen LogP contribution in [0.4, 0.5) is 68.2 Å². The second-order valence-electron chi connectivity index (χ2n) is 30.9. The van der Waals surface area contributed by atoms with Gasteiger partial charge in [0, 0.05) is 109 Å². The monoisotopic (exact) mass is 1500 g/mol. The third-order valence-electron chi connectivity index (χ3n) is 24.4. The van der Waals surface area contributed by atoms with Crippen molar-refractivity contribution in [2.45, 2.75) is 0 Å². The molecule has 0 fully saturated rings. The Morgan fingerprint density at radius 2 is 0.364 bits per heavy atom. The number of benzene rings is 22. The predicted octanol–water partition coefficient (Wildman–Crippen LogP) is 32.6. The predicted molar refractivity (Wildman–Crippen MR) is 500 cm³/mol. The average Bonchev–Trinajstić information content (AvgIpc) is 1.51. The van der Waals surface area contributed by atoms with Gasteiger partial charge >= 0.3 is 0 Å². The summed E-state index contributed by atoms with van der Waals surface area (Å²) in [6.45, 7) is 0. The molecule has 0 radical (unpaired) electrons. The molecule has 0 aliphatic rings. The van der Waals surface area contributed by atoms with Crippen molar-refractivity contribution in [2.75, 3.05) is 19.6 Å². The lowest BCUT2D eigenvalue weighted by Crippen LogP contribution is -2.11. The van der Waals surface area contributed by atoms with Crippen LogP contribution in [0.25, 0.3) is 163 Å². The van der Waals surface area contributed by atoms with Gasteiger partial charge < -0.3 is 28.4 Å². The highest BCUT2D eigenvalue weighted by molar-refractivity contribution is 6.29. The summed E-state index contributed by atoms with van der Waals surface area (Å²) in [5, 5.41) is 26.5. The first kappa shape index (κ1) is 66.8. The fourth-order valence-corrected chi connectivity index (χ4v) is 19.2. The maximum absolute atomic E-state index is 7.73. The third-order valence-corrected chi connectivity index (χ3v) is 24.4. The Kier molecular flexibility index (Phi) is 15.3. The number of furan rings is 2. The van der Waals surface area contributed by atoms with Crippen LogP contribution >= 0.6 is 0 Å². The van der Waals surface area contributed by atoms with Crippen molar-refractivity contribution < 1.29 is 8.83 Å². The number of anilines is 12. The molecule has 0 bridgehead atoms. The van der Waals surface area contributed by atoms with Crippen LogP contribution in [0.2, 0.25) is 0 Å². The molecular weight excluding hydrogens is 1430 g/mol. The van der Waals surface area contributed by atoms with E-state index in [-0.39, 0.29) is 0 Å². The highest BCUT2D eigenvalue weighted by Gasteiger charge is 2.30. The van der Waals surface area contributed by atoms with Crippen LogP contribution in [0.15, 0.2) is 433 Å². The fourth-order valence-electron chi connectivity index (χ4n) is 19.2. The van der Waals surface area contributed by atoms with Crippen molar-refractivity contribution in [2.24, 2.45) is 0 Å². The Labute approximate surface area is 679 Å². The molecule has 550 valence electrons. The van der Waals surface area contributed by atoms with Gasteiger partial charge in [0.25, 0.3) is 0 Å². The summed E-state index contributed by atoms with van der Waals surface area (Å²) in [6, 6.07) is 155. The molecule has 22 aromatic carbocycles. The Morgan fingerprint density at radius 1 is 0.127 bits per heavy atom. The molecule has 0 aliphatic carbocycles. The number of nitrogens with zero attached hydrogens (tertiary/aromatic N) is 4. The van der Waals surface area contributed by atoms with Crippen molar-refractivity contribution >= 4 is 220 Å². The van der Waals surface area contributed by atoms with E-state index >= 15 is 0 Å². The topological polar surface area (TPSA) is 39.2 Å². The maximum Gasteiger partial charge on any atom is 0.143 e. The Balaban J connectivity index is 0.723. The largest absolute Gasteiger partial charge is 0.455 e. The van der Waals surface area contributed by atoms with Crippen molar-refractivity contribution in [1.82, 2.24) is 0 Å². The van der Waals surface area contributed by atoms with Gasteiger partial charge in [-0.3, -0.25) is 0 Å². The molecule has 0 spiro atoms. The molecule has 0 saturated carbocycles. The molecule has 0 atom stereocenters. The number of hydrogen-bond donors (Lipinski definition) is 0. The summed E-state index contributed by atoms with van der Waals surface area (Å²) >= 11 is 0. The van der Waals surface area contributed by atoms with E-state index < -0.39 is 0 Å². The summed E-state index contributed by atoms with van der Waals surface area (Å²) in [5.41, 5.74) is 18.2. The second-order valence-corrected chi connectivity index (χ2v) is 30.9. The van der Waals surface area contributed by atoms with E-state index in [0.29, 0.717) is 0 Å². The van der Waals surface area contributed by atoms with Gasteiger partial charge in [-0.15, -0.1) is 0 Å². The molecule has 6 nitrogen and oxygen atoms in total. The summed E-state index contributed by atoms with van der Waals surface area (Å²) in [7, 11) is 0. The number of hydrogen-bond acceptors (Lipinski definition) is 6. The Hall–Kier alpha value is -15.8. The van der Waals surface area contributed by atoms with Crippen molar-refractivity contribution in [3.63, 3.8) is 0 Å². The van der Waals surface area contributed by atoms with E-state index in [1.54, 1.807) is 0 Å². The maximum atomic E-state index is 7.73. The number of fused-ring (bicyclic) bond motifs is 22. The zero-order valence-electron chi connectivity index (χ0n) is 64.0. The number of para-hydroxylation sites is 4. The standard InChI is InChI=1S/C112H70N4O2/c1-5-36-77(37-6-1)113(101-57-29-34-71-31-13-18-46-83(71)101)105-67-97-98-68-106(90-52-24-27-55-94(90)110(98)117-109(97)93-54-26-23-51-89(93)105)114(78-38-7-2-8-39-78)102-58-30-35-74-63-72(59-61-84(74)102)73-60-62-92-96(64-73)112-100(70-108(92)116(80-42-11-4-12-43-80)104-66-76-33-15-17-45-82(76)86-48-20-22-50-88(86)104)99-69-107(91-53-25-28-56-95(91)111(99)118-112)115(79-40-9-3-10-41-79)103-65-75-32-14-16-44-81(75)85-47-19-21-49-87(85)103/h1-70H. The lowest BCUT2D eigenvalue weighted by Gasteiger charge is -2.29. The van der Waals surface area contributed by atoms with E-state index in [1.807, 2.05) is 0 Å². The fraction of sp³-hybridized carbons (Fsp3) is 0. The van der Waals surface area contributed by atoms with Gasteiger partial charge in [-0.25, -0.2) is 0 Å². The SMILES string of the molecule is c1ccc(N(c2cccc3ccccc23)c2cc3c4cc(N(c5ccccc5)c5cccc6cc(-c7ccc8c(N(c9ccccc9)c9cc%10ccccc%10c%10ccccc9%10)cc9c%10cc(N(c%11ccccc%11)c%11cc%12ccccc%12c%12ccccc%11%12)c%11ccccc%11c%10oc9c8c7)ccc56)c5ccccc5c4oc3c3ccccc23)cc1. The van der Waals surface area contributed by atoms with Crippen molar-refractivity contribution in [3.8, 4) is 11.1 Å². The summed E-state index contributed by atoms with van der Waals surface area (Å²) < 4.78 is 15.1. The van der Waals surface area contributed by atoms with E-state index in [2.05, 4.69) is 444 Å². The van der Waals surface area contributed by atoms with E-state index in [9.17, 15) is 0 Å². The first-order valence-electron chi connectivity index (χ1n) is 40.4. The second kappa shape index (κ2) is 27.0. The lowest BCUT2D eigenvalue weighted by molar-refractivity contribution is 0.676. The van der Waals surface area contributed by atoms with Gasteiger partial charge in [0.05, 0.1) is 45.5 Å². The molecule has 0 saturated heterocycles. The Morgan fingerprint density at radius 3 is 0.763 bits per heavy atom. The van der Waals surface area contributed by atoms with Crippen LogP contribution in [-0.2, 0) is 0 Å².